The van der Waals surface area contributed by atoms with Gasteiger partial charge in [0.05, 0.1) is 31.5 Å². The Morgan fingerprint density at radius 2 is 2.07 bits per heavy atom. The van der Waals surface area contributed by atoms with Crippen molar-refractivity contribution in [2.45, 2.75) is 19.5 Å². The number of ether oxygens (including phenoxy) is 2. The standard InChI is InChI=1S/C18H18F2N4O4/c1-9-7-24(16(25)8-28-9)15-4-10(12(5-23-15)18(21)26)11-3-13(17(19)20)22-6-14(11)27-2/h3-6,9,17H,7-8H2,1-2H3,(H2,21,26)/t9-/m1/s1. The maximum atomic E-state index is 13.1. The van der Waals surface area contributed by atoms with Gasteiger partial charge in [0, 0.05) is 17.3 Å². The number of hydrogen-bond donors (Lipinski definition) is 1. The predicted octanol–water partition coefficient (Wildman–Crippen LogP) is 1.94. The van der Waals surface area contributed by atoms with Crippen LogP contribution in [0.3, 0.4) is 0 Å². The first-order valence-electron chi connectivity index (χ1n) is 8.36. The largest absolute Gasteiger partial charge is 0.494 e. The van der Waals surface area contributed by atoms with Crippen LogP contribution in [-0.2, 0) is 9.53 Å². The van der Waals surface area contributed by atoms with Gasteiger partial charge in [-0.15, -0.1) is 0 Å². The molecule has 3 rings (SSSR count). The average molecular weight is 392 g/mol. The quantitative estimate of drug-likeness (QED) is 0.833. The van der Waals surface area contributed by atoms with Crippen LogP contribution in [0, 0.1) is 0 Å². The van der Waals surface area contributed by atoms with Crippen molar-refractivity contribution in [3.05, 3.63) is 35.8 Å². The highest BCUT2D eigenvalue weighted by Crippen LogP contribution is 2.36. The molecule has 0 bridgehead atoms. The van der Waals surface area contributed by atoms with Crippen molar-refractivity contribution in [2.24, 2.45) is 5.73 Å². The van der Waals surface area contributed by atoms with Gasteiger partial charge >= 0.3 is 0 Å². The van der Waals surface area contributed by atoms with E-state index in [2.05, 4.69) is 9.97 Å². The summed E-state index contributed by atoms with van der Waals surface area (Å²) in [4.78, 5) is 33.3. The van der Waals surface area contributed by atoms with Crippen molar-refractivity contribution in [3.8, 4) is 16.9 Å². The highest BCUT2D eigenvalue weighted by Gasteiger charge is 2.27. The molecule has 28 heavy (non-hydrogen) atoms. The minimum Gasteiger partial charge on any atom is -0.494 e. The normalized spacial score (nSPS) is 17.1. The fourth-order valence-electron chi connectivity index (χ4n) is 2.89. The maximum absolute atomic E-state index is 13.1. The summed E-state index contributed by atoms with van der Waals surface area (Å²) in [6.45, 7) is 1.96. The molecular formula is C18H18F2N4O4. The first-order chi connectivity index (χ1) is 13.3. The van der Waals surface area contributed by atoms with Gasteiger partial charge in [-0.2, -0.15) is 0 Å². The van der Waals surface area contributed by atoms with Gasteiger partial charge in [0.2, 0.25) is 0 Å². The minimum absolute atomic E-state index is 0.00206. The van der Waals surface area contributed by atoms with E-state index in [0.29, 0.717) is 0 Å². The molecule has 0 aromatic carbocycles. The Labute approximate surface area is 159 Å². The lowest BCUT2D eigenvalue weighted by Crippen LogP contribution is -2.46. The molecule has 1 atom stereocenters. The molecule has 0 aliphatic carbocycles. The zero-order chi connectivity index (χ0) is 20.4. The number of rotatable bonds is 5. The number of aromatic nitrogens is 2. The third kappa shape index (κ3) is 3.77. The molecule has 148 valence electrons. The van der Waals surface area contributed by atoms with Crippen molar-refractivity contribution in [1.29, 1.82) is 0 Å². The van der Waals surface area contributed by atoms with Crippen LogP contribution in [0.15, 0.2) is 24.5 Å². The molecule has 1 fully saturated rings. The lowest BCUT2D eigenvalue weighted by Gasteiger charge is -2.30. The Bertz CT molecular complexity index is 922. The summed E-state index contributed by atoms with van der Waals surface area (Å²) in [6, 6.07) is 2.57. The van der Waals surface area contributed by atoms with Gasteiger partial charge in [-0.05, 0) is 19.1 Å². The highest BCUT2D eigenvalue weighted by atomic mass is 19.3. The van der Waals surface area contributed by atoms with E-state index in [1.54, 1.807) is 6.92 Å². The summed E-state index contributed by atoms with van der Waals surface area (Å²) >= 11 is 0. The Morgan fingerprint density at radius 3 is 2.71 bits per heavy atom. The average Bonchev–Trinajstić information content (AvgIpc) is 2.68. The summed E-state index contributed by atoms with van der Waals surface area (Å²) in [5, 5.41) is 0. The summed E-state index contributed by atoms with van der Waals surface area (Å²) in [6.07, 6.45) is -0.671. The second kappa shape index (κ2) is 7.85. The number of methoxy groups -OCH3 is 1. The number of carbonyl (C=O) groups is 2. The first-order valence-corrected chi connectivity index (χ1v) is 8.36. The van der Waals surface area contributed by atoms with E-state index in [-0.39, 0.29) is 53.4 Å². The number of anilines is 1. The molecule has 2 aromatic rings. The van der Waals surface area contributed by atoms with Crippen LogP contribution in [0.25, 0.3) is 11.1 Å². The van der Waals surface area contributed by atoms with E-state index in [9.17, 15) is 18.4 Å². The van der Waals surface area contributed by atoms with Crippen molar-refractivity contribution < 1.29 is 27.8 Å². The topological polar surface area (TPSA) is 108 Å². The zero-order valence-electron chi connectivity index (χ0n) is 15.2. The molecule has 0 unspecified atom stereocenters. The van der Waals surface area contributed by atoms with Gasteiger partial charge in [-0.3, -0.25) is 19.5 Å². The lowest BCUT2D eigenvalue weighted by molar-refractivity contribution is -0.128. The van der Waals surface area contributed by atoms with Crippen LogP contribution in [0.1, 0.15) is 29.4 Å². The van der Waals surface area contributed by atoms with Crippen LogP contribution in [0.2, 0.25) is 0 Å². The van der Waals surface area contributed by atoms with Crippen molar-refractivity contribution in [1.82, 2.24) is 9.97 Å². The number of carbonyl (C=O) groups excluding carboxylic acids is 2. The number of morpholine rings is 1. The minimum atomic E-state index is -2.82. The zero-order valence-corrected chi connectivity index (χ0v) is 15.2. The van der Waals surface area contributed by atoms with Crippen LogP contribution < -0.4 is 15.4 Å². The number of nitrogens with two attached hydrogens (primary N) is 1. The van der Waals surface area contributed by atoms with Crippen molar-refractivity contribution >= 4 is 17.6 Å². The van der Waals surface area contributed by atoms with E-state index in [1.807, 2.05) is 0 Å². The number of hydrogen-bond acceptors (Lipinski definition) is 6. The molecule has 0 spiro atoms. The Morgan fingerprint density at radius 1 is 1.32 bits per heavy atom. The second-order valence-corrected chi connectivity index (χ2v) is 6.19. The molecule has 2 amide bonds. The van der Waals surface area contributed by atoms with Gasteiger partial charge in [-0.25, -0.2) is 13.8 Å². The smallest absolute Gasteiger partial charge is 0.280 e. The third-order valence-electron chi connectivity index (χ3n) is 4.29. The summed E-state index contributed by atoms with van der Waals surface area (Å²) in [7, 11) is 1.35. The molecular weight excluding hydrogens is 374 g/mol. The summed E-state index contributed by atoms with van der Waals surface area (Å²) in [5.41, 5.74) is 5.36. The fourth-order valence-corrected chi connectivity index (χ4v) is 2.89. The first kappa shape index (κ1) is 19.6. The molecule has 1 aliphatic heterocycles. The summed E-state index contributed by atoms with van der Waals surface area (Å²) in [5.74, 6) is -0.685. The Balaban J connectivity index is 2.18. The molecule has 1 saturated heterocycles. The van der Waals surface area contributed by atoms with Crippen molar-refractivity contribution in [2.75, 3.05) is 25.2 Å². The SMILES string of the molecule is COc1cnc(C(F)F)cc1-c1cc(N2C[C@@H](C)OCC2=O)ncc1C(N)=O. The van der Waals surface area contributed by atoms with E-state index in [1.165, 1.54) is 24.3 Å². The molecule has 0 radical (unpaired) electrons. The van der Waals surface area contributed by atoms with Gasteiger partial charge in [0.1, 0.15) is 23.9 Å². The fraction of sp³-hybridized carbons (Fsp3) is 0.333. The number of amides is 2. The van der Waals surface area contributed by atoms with Gasteiger partial charge in [-0.1, -0.05) is 0 Å². The number of pyridine rings is 2. The Hall–Kier alpha value is -3.14. The van der Waals surface area contributed by atoms with Gasteiger partial charge < -0.3 is 15.2 Å². The number of nitrogens with zero attached hydrogens (tertiary/aromatic N) is 3. The predicted molar refractivity (Wildman–Crippen MR) is 95.3 cm³/mol. The number of primary amides is 1. The molecule has 8 nitrogen and oxygen atoms in total. The van der Waals surface area contributed by atoms with Crippen LogP contribution >= 0.6 is 0 Å². The molecule has 2 aromatic heterocycles. The monoisotopic (exact) mass is 392 g/mol. The van der Waals surface area contributed by atoms with E-state index in [0.717, 1.165) is 12.3 Å². The highest BCUT2D eigenvalue weighted by molar-refractivity contribution is 6.02. The van der Waals surface area contributed by atoms with Crippen LogP contribution in [0.4, 0.5) is 14.6 Å². The van der Waals surface area contributed by atoms with Crippen LogP contribution in [-0.4, -0.2) is 48.1 Å². The van der Waals surface area contributed by atoms with Crippen LogP contribution in [0.5, 0.6) is 5.75 Å². The molecule has 0 saturated carbocycles. The second-order valence-electron chi connectivity index (χ2n) is 6.19. The summed E-state index contributed by atoms with van der Waals surface area (Å²) < 4.78 is 36.8. The van der Waals surface area contributed by atoms with E-state index in [4.69, 9.17) is 15.2 Å². The molecule has 3 heterocycles. The number of alkyl halides is 2. The molecule has 2 N–H and O–H groups in total. The van der Waals surface area contributed by atoms with Gasteiger partial charge in [0.15, 0.2) is 0 Å². The van der Waals surface area contributed by atoms with E-state index >= 15 is 0 Å². The molecule has 1 aliphatic rings. The Kier molecular flexibility index (Phi) is 5.50. The molecule has 10 heteroatoms. The third-order valence-corrected chi connectivity index (χ3v) is 4.29. The van der Waals surface area contributed by atoms with Gasteiger partial charge in [0.25, 0.3) is 18.2 Å². The van der Waals surface area contributed by atoms with E-state index < -0.39 is 18.0 Å². The lowest BCUT2D eigenvalue weighted by atomic mass is 10.00. The number of halogens is 2. The maximum Gasteiger partial charge on any atom is 0.280 e. The van der Waals surface area contributed by atoms with Crippen molar-refractivity contribution in [3.63, 3.8) is 0 Å².